The summed E-state index contributed by atoms with van der Waals surface area (Å²) in [6.45, 7) is 0. The number of aromatic amines is 1. The van der Waals surface area contributed by atoms with Crippen LogP contribution in [-0.2, 0) is 0 Å². The molecule has 0 bridgehead atoms. The summed E-state index contributed by atoms with van der Waals surface area (Å²) in [7, 11) is 0. The largest absolute Gasteiger partial charge is 0.450 e. The molecule has 22 heavy (non-hydrogen) atoms. The minimum absolute atomic E-state index is 0.0319. The Kier molecular flexibility index (Phi) is 3.50. The maximum atomic E-state index is 14.1. The molecule has 1 N–H and O–H groups in total. The zero-order valence-corrected chi connectivity index (χ0v) is 12.2. The number of hydrogen-bond donors (Lipinski definition) is 1. The van der Waals surface area contributed by atoms with E-state index in [1.165, 1.54) is 24.5 Å². The van der Waals surface area contributed by atoms with Crippen LogP contribution in [0.5, 0.6) is 11.5 Å². The van der Waals surface area contributed by atoms with Crippen molar-refractivity contribution in [2.24, 2.45) is 0 Å². The predicted molar refractivity (Wildman–Crippen MR) is 74.9 cm³/mol. The van der Waals surface area contributed by atoms with E-state index in [4.69, 9.17) is 10.00 Å². The number of H-pyrrole nitrogens is 1. The van der Waals surface area contributed by atoms with Crippen LogP contribution in [0.1, 0.15) is 5.56 Å². The number of fused-ring (bicyclic) bond motifs is 1. The summed E-state index contributed by atoms with van der Waals surface area (Å²) in [5.41, 5.74) is -0.302. The van der Waals surface area contributed by atoms with Gasteiger partial charge in [0.2, 0.25) is 5.82 Å². The van der Waals surface area contributed by atoms with Crippen molar-refractivity contribution >= 4 is 27.0 Å². The second-order valence-corrected chi connectivity index (χ2v) is 5.02. The minimum Gasteiger partial charge on any atom is -0.450 e. The molecule has 1 heterocycles. The number of benzene rings is 2. The van der Waals surface area contributed by atoms with Crippen molar-refractivity contribution in [1.29, 1.82) is 5.26 Å². The van der Waals surface area contributed by atoms with Gasteiger partial charge in [0.1, 0.15) is 17.1 Å². The fourth-order valence-electron chi connectivity index (χ4n) is 1.92. The summed E-state index contributed by atoms with van der Waals surface area (Å²) >= 11 is 3.06. The van der Waals surface area contributed by atoms with Crippen LogP contribution in [-0.4, -0.2) is 9.97 Å². The third kappa shape index (κ3) is 2.10. The third-order valence-electron chi connectivity index (χ3n) is 2.95. The lowest BCUT2D eigenvalue weighted by Gasteiger charge is -2.11. The van der Waals surface area contributed by atoms with Crippen LogP contribution in [0.25, 0.3) is 11.0 Å². The van der Waals surface area contributed by atoms with Crippen LogP contribution in [0.2, 0.25) is 0 Å². The molecule has 0 aliphatic carbocycles. The number of nitrogens with zero attached hydrogens (tertiary/aromatic N) is 2. The highest BCUT2D eigenvalue weighted by Crippen LogP contribution is 2.39. The van der Waals surface area contributed by atoms with Gasteiger partial charge < -0.3 is 9.72 Å². The van der Waals surface area contributed by atoms with E-state index < -0.39 is 29.0 Å². The lowest BCUT2D eigenvalue weighted by Crippen LogP contribution is -1.98. The smallest absolute Gasteiger partial charge is 0.204 e. The van der Waals surface area contributed by atoms with Crippen molar-refractivity contribution in [3.05, 3.63) is 52.0 Å². The van der Waals surface area contributed by atoms with Gasteiger partial charge in [0, 0.05) is 0 Å². The molecule has 0 saturated heterocycles. The number of ether oxygens (including phenoxy) is 1. The molecule has 0 unspecified atom stereocenters. The highest BCUT2D eigenvalue weighted by molar-refractivity contribution is 9.10. The highest BCUT2D eigenvalue weighted by atomic mass is 79.9. The first-order valence-electron chi connectivity index (χ1n) is 5.90. The van der Waals surface area contributed by atoms with Crippen molar-refractivity contribution in [3.8, 4) is 17.6 Å². The van der Waals surface area contributed by atoms with Crippen molar-refractivity contribution in [3.63, 3.8) is 0 Å². The molecule has 0 atom stereocenters. The first kappa shape index (κ1) is 14.4. The van der Waals surface area contributed by atoms with E-state index in [1.807, 2.05) is 0 Å². The van der Waals surface area contributed by atoms with Crippen molar-refractivity contribution < 1.29 is 17.9 Å². The van der Waals surface area contributed by atoms with Gasteiger partial charge in [-0.3, -0.25) is 0 Å². The Hall–Kier alpha value is -2.53. The number of nitrogens with one attached hydrogen (secondary N) is 1. The van der Waals surface area contributed by atoms with Crippen molar-refractivity contribution in [1.82, 2.24) is 9.97 Å². The van der Waals surface area contributed by atoms with Gasteiger partial charge in [0.15, 0.2) is 23.1 Å². The molecular weight excluding hydrogens is 363 g/mol. The van der Waals surface area contributed by atoms with E-state index in [1.54, 1.807) is 6.07 Å². The number of imidazole rings is 1. The van der Waals surface area contributed by atoms with Crippen molar-refractivity contribution in [2.75, 3.05) is 0 Å². The molecule has 110 valence electrons. The standard InChI is InChI=1S/C14H5BrF3N3O/c15-8-12-13(21-5-20-12)10(17)11(18)14(8)22-7-3-1-2-6(4-19)9(7)16/h1-3,5H,(H,20,21). The Morgan fingerprint density at radius 3 is 2.68 bits per heavy atom. The Labute approximate surface area is 130 Å². The monoisotopic (exact) mass is 367 g/mol. The fraction of sp³-hybridized carbons (Fsp3) is 0. The molecule has 1 aromatic heterocycles. The van der Waals surface area contributed by atoms with E-state index in [2.05, 4.69) is 25.9 Å². The topological polar surface area (TPSA) is 61.7 Å². The molecule has 4 nitrogen and oxygen atoms in total. The molecular formula is C14H5BrF3N3O. The summed E-state index contributed by atoms with van der Waals surface area (Å²) in [5, 5.41) is 8.77. The number of nitriles is 1. The zero-order chi connectivity index (χ0) is 15.9. The van der Waals surface area contributed by atoms with Crippen molar-refractivity contribution in [2.45, 2.75) is 0 Å². The average molecular weight is 368 g/mol. The summed E-state index contributed by atoms with van der Waals surface area (Å²) in [4.78, 5) is 6.30. The molecule has 0 radical (unpaired) electrons. The van der Waals surface area contributed by atoms with Gasteiger partial charge >= 0.3 is 0 Å². The fourth-order valence-corrected chi connectivity index (χ4v) is 2.47. The lowest BCUT2D eigenvalue weighted by molar-refractivity contribution is 0.396. The Balaban J connectivity index is 2.18. The molecule has 0 spiro atoms. The molecule has 3 aromatic rings. The second kappa shape index (κ2) is 5.35. The molecule has 8 heteroatoms. The Morgan fingerprint density at radius 2 is 1.95 bits per heavy atom. The van der Waals surface area contributed by atoms with E-state index in [9.17, 15) is 13.2 Å². The number of halogens is 4. The van der Waals surface area contributed by atoms with Gasteiger partial charge in [-0.25, -0.2) is 13.8 Å². The van der Waals surface area contributed by atoms with Crippen LogP contribution < -0.4 is 4.74 Å². The van der Waals surface area contributed by atoms with E-state index in [-0.39, 0.29) is 21.1 Å². The first-order valence-corrected chi connectivity index (χ1v) is 6.70. The van der Waals surface area contributed by atoms with Crippen LogP contribution in [0.15, 0.2) is 29.0 Å². The second-order valence-electron chi connectivity index (χ2n) is 4.23. The summed E-state index contributed by atoms with van der Waals surface area (Å²) in [6.07, 6.45) is 1.19. The van der Waals surface area contributed by atoms with Crippen LogP contribution in [0.3, 0.4) is 0 Å². The van der Waals surface area contributed by atoms with E-state index >= 15 is 0 Å². The van der Waals surface area contributed by atoms with E-state index in [0.717, 1.165) is 0 Å². The first-order chi connectivity index (χ1) is 10.5. The molecule has 0 fully saturated rings. The number of hydrogen-bond acceptors (Lipinski definition) is 3. The molecule has 0 aliphatic heterocycles. The SMILES string of the molecule is N#Cc1cccc(Oc2c(F)c(F)c3[nH]cnc3c2Br)c1F. The van der Waals surface area contributed by atoms with Gasteiger partial charge in [-0.2, -0.15) is 9.65 Å². The van der Waals surface area contributed by atoms with Crippen LogP contribution >= 0.6 is 15.9 Å². The molecule has 0 amide bonds. The quantitative estimate of drug-likeness (QED) is 0.682. The maximum Gasteiger partial charge on any atom is 0.204 e. The van der Waals surface area contributed by atoms with Gasteiger partial charge in [-0.05, 0) is 28.1 Å². The summed E-state index contributed by atoms with van der Waals surface area (Å²) in [5.74, 6) is -4.40. The lowest BCUT2D eigenvalue weighted by atomic mass is 10.2. The normalized spacial score (nSPS) is 10.7. The minimum atomic E-state index is -1.30. The number of aromatic nitrogens is 2. The molecule has 3 rings (SSSR count). The molecule has 0 saturated carbocycles. The van der Waals surface area contributed by atoms with Gasteiger partial charge in [0.05, 0.1) is 16.4 Å². The highest BCUT2D eigenvalue weighted by Gasteiger charge is 2.23. The maximum absolute atomic E-state index is 14.1. The summed E-state index contributed by atoms with van der Waals surface area (Å²) < 4.78 is 47.2. The van der Waals surface area contributed by atoms with Gasteiger partial charge in [-0.15, -0.1) is 0 Å². The molecule has 2 aromatic carbocycles. The van der Waals surface area contributed by atoms with E-state index in [0.29, 0.717) is 0 Å². The third-order valence-corrected chi connectivity index (χ3v) is 3.69. The van der Waals surface area contributed by atoms with Gasteiger partial charge in [-0.1, -0.05) is 6.07 Å². The average Bonchev–Trinajstić information content (AvgIpc) is 3.01. The van der Waals surface area contributed by atoms with Crippen LogP contribution in [0, 0.1) is 28.8 Å². The Bertz CT molecular complexity index is 933. The predicted octanol–water partition coefficient (Wildman–Crippen LogP) is 4.41. The van der Waals surface area contributed by atoms with Crippen LogP contribution in [0.4, 0.5) is 13.2 Å². The summed E-state index contributed by atoms with van der Waals surface area (Å²) in [6, 6.07) is 5.45. The number of rotatable bonds is 2. The molecule has 0 aliphatic rings. The Morgan fingerprint density at radius 1 is 1.18 bits per heavy atom. The zero-order valence-electron chi connectivity index (χ0n) is 10.6. The van der Waals surface area contributed by atoms with Gasteiger partial charge in [0.25, 0.3) is 0 Å².